The lowest BCUT2D eigenvalue weighted by Crippen LogP contribution is -2.29. The molecule has 1 fully saturated rings. The number of ether oxygens (including phenoxy) is 1. The van der Waals surface area contributed by atoms with E-state index in [4.69, 9.17) is 10.00 Å². The first-order valence-corrected chi connectivity index (χ1v) is 6.87. The van der Waals surface area contributed by atoms with Gasteiger partial charge in [0.2, 0.25) is 0 Å². The Hall–Kier alpha value is -1.04. The zero-order valence-corrected chi connectivity index (χ0v) is 10.8. The second-order valence-corrected chi connectivity index (χ2v) is 4.86. The molecule has 1 aliphatic carbocycles. The molecule has 1 aliphatic rings. The van der Waals surface area contributed by atoms with Crippen LogP contribution < -0.4 is 0 Å². The van der Waals surface area contributed by atoms with Crippen LogP contribution in [0.1, 0.15) is 64.7 Å². The van der Waals surface area contributed by atoms with Gasteiger partial charge in [-0.3, -0.25) is 4.79 Å². The lowest BCUT2D eigenvalue weighted by Gasteiger charge is -2.26. The normalized spacial score (nSPS) is 24.0. The minimum Gasteiger partial charge on any atom is -0.461 e. The zero-order chi connectivity index (χ0) is 12.5. The predicted molar refractivity (Wildman–Crippen MR) is 66.2 cm³/mol. The minimum atomic E-state index is -0.146. The van der Waals surface area contributed by atoms with Gasteiger partial charge in [-0.2, -0.15) is 5.26 Å². The van der Waals surface area contributed by atoms with Gasteiger partial charge in [-0.05, 0) is 25.7 Å². The Bertz CT molecular complexity index is 270. The molecule has 0 spiro atoms. The van der Waals surface area contributed by atoms with E-state index in [1.54, 1.807) is 0 Å². The molecule has 2 atom stereocenters. The number of nitrogens with zero attached hydrogens (tertiary/aromatic N) is 1. The van der Waals surface area contributed by atoms with Gasteiger partial charge in [0.15, 0.2) is 0 Å². The van der Waals surface area contributed by atoms with Crippen LogP contribution in [0, 0.1) is 17.2 Å². The van der Waals surface area contributed by atoms with E-state index in [-0.39, 0.29) is 18.0 Å². The standard InChI is InChI=1S/C14H23NO2/c1-2-3-4-5-10-14(16)17-13-9-7-6-8-12(13)11-15/h12-13H,2-10H2,1H3. The van der Waals surface area contributed by atoms with Gasteiger partial charge in [0.05, 0.1) is 12.0 Å². The summed E-state index contributed by atoms with van der Waals surface area (Å²) in [5.74, 6) is -0.198. The van der Waals surface area contributed by atoms with Crippen molar-refractivity contribution in [2.24, 2.45) is 5.92 Å². The third-order valence-corrected chi connectivity index (χ3v) is 3.39. The van der Waals surface area contributed by atoms with E-state index in [2.05, 4.69) is 13.0 Å². The summed E-state index contributed by atoms with van der Waals surface area (Å²) in [6, 6.07) is 2.26. The number of carbonyl (C=O) groups excluding carboxylic acids is 1. The first-order valence-electron chi connectivity index (χ1n) is 6.87. The minimum absolute atomic E-state index is 0.0802. The maximum Gasteiger partial charge on any atom is 0.306 e. The van der Waals surface area contributed by atoms with Crippen molar-refractivity contribution in [2.75, 3.05) is 0 Å². The molecule has 0 bridgehead atoms. The molecule has 0 aromatic heterocycles. The van der Waals surface area contributed by atoms with Crippen molar-refractivity contribution in [3.8, 4) is 6.07 Å². The zero-order valence-electron chi connectivity index (χ0n) is 10.8. The Morgan fingerprint density at radius 2 is 2.06 bits per heavy atom. The predicted octanol–water partition coefficient (Wildman–Crippen LogP) is 3.58. The van der Waals surface area contributed by atoms with Gasteiger partial charge < -0.3 is 4.74 Å². The van der Waals surface area contributed by atoms with Crippen LogP contribution in [-0.4, -0.2) is 12.1 Å². The molecule has 0 radical (unpaired) electrons. The highest BCUT2D eigenvalue weighted by molar-refractivity contribution is 5.69. The maximum atomic E-state index is 11.6. The smallest absolute Gasteiger partial charge is 0.306 e. The Morgan fingerprint density at radius 1 is 1.29 bits per heavy atom. The van der Waals surface area contributed by atoms with Gasteiger partial charge in [0, 0.05) is 6.42 Å². The van der Waals surface area contributed by atoms with E-state index in [0.717, 1.165) is 38.5 Å². The van der Waals surface area contributed by atoms with Crippen molar-refractivity contribution in [2.45, 2.75) is 70.8 Å². The molecular formula is C14H23NO2. The van der Waals surface area contributed by atoms with E-state index in [0.29, 0.717) is 6.42 Å². The second kappa shape index (κ2) is 8.11. The first kappa shape index (κ1) is 14.0. The Labute approximate surface area is 104 Å². The number of rotatable bonds is 6. The Kier molecular flexibility index (Phi) is 6.69. The monoisotopic (exact) mass is 237 g/mol. The highest BCUT2D eigenvalue weighted by Crippen LogP contribution is 2.26. The van der Waals surface area contributed by atoms with Crippen LogP contribution in [0.25, 0.3) is 0 Å². The average molecular weight is 237 g/mol. The highest BCUT2D eigenvalue weighted by Gasteiger charge is 2.27. The van der Waals surface area contributed by atoms with E-state index < -0.39 is 0 Å². The van der Waals surface area contributed by atoms with Crippen LogP contribution in [-0.2, 0) is 9.53 Å². The molecule has 0 N–H and O–H groups in total. The summed E-state index contributed by atoms with van der Waals surface area (Å²) in [7, 11) is 0. The maximum absolute atomic E-state index is 11.6. The van der Waals surface area contributed by atoms with Crippen molar-refractivity contribution in [3.63, 3.8) is 0 Å². The van der Waals surface area contributed by atoms with Gasteiger partial charge in [-0.15, -0.1) is 0 Å². The summed E-state index contributed by atoms with van der Waals surface area (Å²) in [6.45, 7) is 2.15. The Morgan fingerprint density at radius 3 is 2.76 bits per heavy atom. The van der Waals surface area contributed by atoms with Crippen molar-refractivity contribution in [1.82, 2.24) is 0 Å². The van der Waals surface area contributed by atoms with E-state index in [1.807, 2.05) is 0 Å². The molecule has 3 nitrogen and oxygen atoms in total. The quantitative estimate of drug-likeness (QED) is 0.524. The van der Waals surface area contributed by atoms with Crippen LogP contribution in [0.15, 0.2) is 0 Å². The molecule has 3 heteroatoms. The fourth-order valence-electron chi connectivity index (χ4n) is 2.31. The lowest BCUT2D eigenvalue weighted by molar-refractivity contribution is -0.152. The lowest BCUT2D eigenvalue weighted by atomic mass is 9.87. The summed E-state index contributed by atoms with van der Waals surface area (Å²) in [4.78, 5) is 11.6. The molecule has 0 aromatic carbocycles. The molecular weight excluding hydrogens is 214 g/mol. The van der Waals surface area contributed by atoms with Crippen molar-refractivity contribution in [1.29, 1.82) is 5.26 Å². The molecule has 1 rings (SSSR count). The average Bonchev–Trinajstić information content (AvgIpc) is 2.35. The number of unbranched alkanes of at least 4 members (excludes halogenated alkanes) is 3. The summed E-state index contributed by atoms with van der Waals surface area (Å²) < 4.78 is 5.41. The van der Waals surface area contributed by atoms with Crippen molar-refractivity contribution in [3.05, 3.63) is 0 Å². The fraction of sp³-hybridized carbons (Fsp3) is 0.857. The highest BCUT2D eigenvalue weighted by atomic mass is 16.5. The molecule has 17 heavy (non-hydrogen) atoms. The third kappa shape index (κ3) is 5.21. The van der Waals surface area contributed by atoms with Gasteiger partial charge in [-0.1, -0.05) is 32.6 Å². The second-order valence-electron chi connectivity index (χ2n) is 4.86. The molecule has 0 aromatic rings. The fourth-order valence-corrected chi connectivity index (χ4v) is 2.31. The summed E-state index contributed by atoms with van der Waals surface area (Å²) in [6.07, 6.45) is 8.62. The van der Waals surface area contributed by atoms with E-state index in [9.17, 15) is 4.79 Å². The molecule has 0 saturated heterocycles. The van der Waals surface area contributed by atoms with Gasteiger partial charge >= 0.3 is 5.97 Å². The van der Waals surface area contributed by atoms with Gasteiger partial charge in [0.1, 0.15) is 6.10 Å². The van der Waals surface area contributed by atoms with Crippen LogP contribution in [0.4, 0.5) is 0 Å². The Balaban J connectivity index is 2.22. The van der Waals surface area contributed by atoms with Crippen LogP contribution in [0.2, 0.25) is 0 Å². The number of carbonyl (C=O) groups is 1. The van der Waals surface area contributed by atoms with Crippen molar-refractivity contribution < 1.29 is 9.53 Å². The van der Waals surface area contributed by atoms with Crippen LogP contribution in [0.3, 0.4) is 0 Å². The van der Waals surface area contributed by atoms with Crippen LogP contribution in [0.5, 0.6) is 0 Å². The number of esters is 1. The largest absolute Gasteiger partial charge is 0.461 e. The van der Waals surface area contributed by atoms with E-state index >= 15 is 0 Å². The summed E-state index contributed by atoms with van der Waals surface area (Å²) in [5.41, 5.74) is 0. The van der Waals surface area contributed by atoms with E-state index in [1.165, 1.54) is 12.8 Å². The molecule has 2 unspecified atom stereocenters. The molecule has 0 aliphatic heterocycles. The molecule has 1 saturated carbocycles. The summed E-state index contributed by atoms with van der Waals surface area (Å²) in [5, 5.41) is 8.98. The first-order chi connectivity index (χ1) is 8.27. The number of nitriles is 1. The SMILES string of the molecule is CCCCCCC(=O)OC1CCCCC1C#N. The van der Waals surface area contributed by atoms with Crippen molar-refractivity contribution >= 4 is 5.97 Å². The van der Waals surface area contributed by atoms with Gasteiger partial charge in [0.25, 0.3) is 0 Å². The third-order valence-electron chi connectivity index (χ3n) is 3.39. The molecule has 0 heterocycles. The number of hydrogen-bond donors (Lipinski definition) is 0. The summed E-state index contributed by atoms with van der Waals surface area (Å²) >= 11 is 0. The molecule has 0 amide bonds. The topological polar surface area (TPSA) is 50.1 Å². The van der Waals surface area contributed by atoms with Crippen LogP contribution >= 0.6 is 0 Å². The molecule has 96 valence electrons. The number of hydrogen-bond acceptors (Lipinski definition) is 3. The van der Waals surface area contributed by atoms with Gasteiger partial charge in [-0.25, -0.2) is 0 Å².